The quantitative estimate of drug-likeness (QED) is 0.470. The lowest BCUT2D eigenvalue weighted by molar-refractivity contribution is 0.0890. The van der Waals surface area contributed by atoms with Gasteiger partial charge in [0.1, 0.15) is 0 Å². The van der Waals surface area contributed by atoms with Gasteiger partial charge in [-0.1, -0.05) is 0 Å². The summed E-state index contributed by atoms with van der Waals surface area (Å²) in [6.45, 7) is 0. The molecule has 47 valence electrons. The number of aliphatic hydroxyl groups excluding tert-OH is 2. The summed E-state index contributed by atoms with van der Waals surface area (Å²) in [7, 11) is 0. The van der Waals surface area contributed by atoms with E-state index in [4.69, 9.17) is 10.2 Å². The predicted octanol–water partition coefficient (Wildman–Crippen LogP) is 0.0964. The van der Waals surface area contributed by atoms with E-state index in [-0.39, 0.29) is 12.2 Å². The van der Waals surface area contributed by atoms with Crippen molar-refractivity contribution in [2.24, 2.45) is 0 Å². The Labute approximate surface area is 49.1 Å². The molecule has 0 spiro atoms. The van der Waals surface area contributed by atoms with E-state index in [0.29, 0.717) is 6.42 Å². The van der Waals surface area contributed by atoms with Crippen LogP contribution in [0.15, 0.2) is 0 Å². The van der Waals surface area contributed by atoms with Crippen LogP contribution in [0.5, 0.6) is 0 Å². The van der Waals surface area contributed by atoms with Gasteiger partial charge in [-0.25, -0.2) is 0 Å². The molecule has 8 heavy (non-hydrogen) atoms. The molecule has 1 saturated carbocycles. The van der Waals surface area contributed by atoms with Crippen molar-refractivity contribution >= 4 is 0 Å². The fourth-order valence-corrected chi connectivity index (χ4v) is 0.913. The van der Waals surface area contributed by atoms with Gasteiger partial charge in [0, 0.05) is 0 Å². The predicted molar refractivity (Wildman–Crippen MR) is 30.2 cm³/mol. The van der Waals surface area contributed by atoms with Crippen LogP contribution in [0, 0.1) is 6.42 Å². The van der Waals surface area contributed by atoms with Gasteiger partial charge in [0.15, 0.2) is 0 Å². The molecular weight excluding hydrogens is 104 g/mol. The van der Waals surface area contributed by atoms with Crippen LogP contribution in [0.25, 0.3) is 0 Å². The SMILES string of the molecule is OC1[CH]CC(O)CC1. The van der Waals surface area contributed by atoms with Gasteiger partial charge in [0.05, 0.1) is 12.2 Å². The molecule has 1 fully saturated rings. The maximum absolute atomic E-state index is 8.88. The molecule has 0 aliphatic heterocycles. The third-order valence-corrected chi connectivity index (χ3v) is 1.48. The van der Waals surface area contributed by atoms with E-state index in [9.17, 15) is 0 Å². The second-order valence-electron chi connectivity index (χ2n) is 2.27. The zero-order chi connectivity index (χ0) is 5.98. The Morgan fingerprint density at radius 3 is 2.38 bits per heavy atom. The maximum Gasteiger partial charge on any atom is 0.0573 e. The molecule has 2 unspecified atom stereocenters. The minimum Gasteiger partial charge on any atom is -0.393 e. The highest BCUT2D eigenvalue weighted by Crippen LogP contribution is 2.16. The zero-order valence-electron chi connectivity index (χ0n) is 4.75. The van der Waals surface area contributed by atoms with E-state index >= 15 is 0 Å². The molecule has 2 atom stereocenters. The molecule has 0 heterocycles. The molecule has 0 aromatic heterocycles. The number of hydrogen-bond acceptors (Lipinski definition) is 2. The number of hydrogen-bond donors (Lipinski definition) is 2. The summed E-state index contributed by atoms with van der Waals surface area (Å²) in [6.07, 6.45) is 3.42. The Bertz CT molecular complexity index is 54.9. The van der Waals surface area contributed by atoms with Crippen molar-refractivity contribution in [3.63, 3.8) is 0 Å². The summed E-state index contributed by atoms with van der Waals surface area (Å²) in [5.74, 6) is 0. The van der Waals surface area contributed by atoms with Crippen LogP contribution in [0.4, 0.5) is 0 Å². The highest BCUT2D eigenvalue weighted by molar-refractivity contribution is 4.84. The first-order chi connectivity index (χ1) is 3.79. The molecule has 0 bridgehead atoms. The molecule has 2 heteroatoms. The van der Waals surface area contributed by atoms with Crippen molar-refractivity contribution < 1.29 is 10.2 Å². The van der Waals surface area contributed by atoms with Crippen LogP contribution in [0.2, 0.25) is 0 Å². The first-order valence-corrected chi connectivity index (χ1v) is 2.98. The monoisotopic (exact) mass is 115 g/mol. The van der Waals surface area contributed by atoms with Crippen LogP contribution in [-0.4, -0.2) is 22.4 Å². The minimum atomic E-state index is -0.265. The van der Waals surface area contributed by atoms with E-state index in [1.54, 1.807) is 6.42 Å². The average molecular weight is 115 g/mol. The van der Waals surface area contributed by atoms with Crippen LogP contribution in [0.3, 0.4) is 0 Å². The third kappa shape index (κ3) is 1.46. The van der Waals surface area contributed by atoms with E-state index < -0.39 is 0 Å². The van der Waals surface area contributed by atoms with E-state index in [2.05, 4.69) is 0 Å². The number of rotatable bonds is 0. The van der Waals surface area contributed by atoms with Crippen molar-refractivity contribution in [3.05, 3.63) is 6.42 Å². The second-order valence-corrected chi connectivity index (χ2v) is 2.27. The molecule has 0 amide bonds. The van der Waals surface area contributed by atoms with E-state index in [1.165, 1.54) is 0 Å². The Balaban J connectivity index is 2.19. The molecule has 0 saturated heterocycles. The first kappa shape index (κ1) is 6.05. The summed E-state index contributed by atoms with van der Waals surface area (Å²) in [4.78, 5) is 0. The average Bonchev–Trinajstić information content (AvgIpc) is 1.77. The van der Waals surface area contributed by atoms with Crippen LogP contribution >= 0.6 is 0 Å². The van der Waals surface area contributed by atoms with Gasteiger partial charge in [0.25, 0.3) is 0 Å². The van der Waals surface area contributed by atoms with Gasteiger partial charge >= 0.3 is 0 Å². The fourth-order valence-electron chi connectivity index (χ4n) is 0.913. The Morgan fingerprint density at radius 1 is 1.25 bits per heavy atom. The topological polar surface area (TPSA) is 40.5 Å². The van der Waals surface area contributed by atoms with Gasteiger partial charge in [-0.15, -0.1) is 0 Å². The molecule has 0 aromatic rings. The maximum atomic E-state index is 8.88. The molecule has 2 N–H and O–H groups in total. The van der Waals surface area contributed by atoms with Crippen LogP contribution in [-0.2, 0) is 0 Å². The van der Waals surface area contributed by atoms with Crippen molar-refractivity contribution in [1.29, 1.82) is 0 Å². The van der Waals surface area contributed by atoms with Crippen molar-refractivity contribution in [2.75, 3.05) is 0 Å². The van der Waals surface area contributed by atoms with E-state index in [1.807, 2.05) is 0 Å². The largest absolute Gasteiger partial charge is 0.393 e. The molecule has 1 aliphatic carbocycles. The lowest BCUT2D eigenvalue weighted by atomic mass is 9.95. The molecule has 2 nitrogen and oxygen atoms in total. The fraction of sp³-hybridized carbons (Fsp3) is 0.833. The summed E-state index contributed by atoms with van der Waals surface area (Å²) in [5, 5.41) is 17.7. The van der Waals surface area contributed by atoms with Crippen molar-refractivity contribution in [2.45, 2.75) is 31.5 Å². The first-order valence-electron chi connectivity index (χ1n) is 2.98. The van der Waals surface area contributed by atoms with Crippen LogP contribution in [0.1, 0.15) is 19.3 Å². The smallest absolute Gasteiger partial charge is 0.0573 e. The summed E-state index contributed by atoms with van der Waals surface area (Å²) in [6, 6.07) is 0. The second kappa shape index (κ2) is 2.46. The standard InChI is InChI=1S/C6H11O2/c7-5-1-2-6(8)4-3-5/h1,5-8H,2-4H2. The number of aliphatic hydroxyl groups is 2. The lowest BCUT2D eigenvalue weighted by Gasteiger charge is -2.20. The van der Waals surface area contributed by atoms with Gasteiger partial charge in [0.2, 0.25) is 0 Å². The highest BCUT2D eigenvalue weighted by atomic mass is 16.3. The van der Waals surface area contributed by atoms with Crippen molar-refractivity contribution in [3.8, 4) is 0 Å². The zero-order valence-corrected chi connectivity index (χ0v) is 4.75. The summed E-state index contributed by atoms with van der Waals surface area (Å²) >= 11 is 0. The summed E-state index contributed by atoms with van der Waals surface area (Å²) < 4.78 is 0. The van der Waals surface area contributed by atoms with Gasteiger partial charge in [-0.05, 0) is 25.7 Å². The van der Waals surface area contributed by atoms with Crippen LogP contribution < -0.4 is 0 Å². The Morgan fingerprint density at radius 2 is 2.00 bits per heavy atom. The molecule has 1 rings (SSSR count). The lowest BCUT2D eigenvalue weighted by Crippen LogP contribution is -2.21. The molecule has 1 radical (unpaired) electrons. The van der Waals surface area contributed by atoms with Gasteiger partial charge in [-0.2, -0.15) is 0 Å². The molecular formula is C6H11O2. The molecule has 0 aromatic carbocycles. The van der Waals surface area contributed by atoms with Crippen molar-refractivity contribution in [1.82, 2.24) is 0 Å². The minimum absolute atomic E-state index is 0.196. The summed E-state index contributed by atoms with van der Waals surface area (Å²) in [5.41, 5.74) is 0. The Hall–Kier alpha value is -0.0800. The Kier molecular flexibility index (Phi) is 1.86. The normalized spacial score (nSPS) is 39.8. The van der Waals surface area contributed by atoms with Gasteiger partial charge < -0.3 is 10.2 Å². The van der Waals surface area contributed by atoms with Gasteiger partial charge in [-0.3, -0.25) is 0 Å². The third-order valence-electron chi connectivity index (χ3n) is 1.48. The molecule has 1 aliphatic rings. The highest BCUT2D eigenvalue weighted by Gasteiger charge is 2.16. The van der Waals surface area contributed by atoms with E-state index in [0.717, 1.165) is 12.8 Å².